The quantitative estimate of drug-likeness (QED) is 0.316. The van der Waals surface area contributed by atoms with E-state index in [1.54, 1.807) is 0 Å². The number of nitrogens with one attached hydrogen (secondary N) is 3. The third-order valence-corrected chi connectivity index (χ3v) is 5.05. The number of carbonyl (C=O) groups excluding carboxylic acids is 1. The molecule has 0 radical (unpaired) electrons. The molecule has 1 aromatic heterocycles. The topological polar surface area (TPSA) is 66.1 Å². The lowest BCUT2D eigenvalue weighted by Gasteiger charge is -2.12. The van der Waals surface area contributed by atoms with Crippen molar-refractivity contribution in [3.05, 3.63) is 96.2 Å². The minimum Gasteiger partial charge on any atom is -0.385 e. The van der Waals surface area contributed by atoms with Gasteiger partial charge in [-0.2, -0.15) is 0 Å². The lowest BCUT2D eigenvalue weighted by Crippen LogP contribution is -2.19. The average Bonchev–Trinajstić information content (AvgIpc) is 2.78. The van der Waals surface area contributed by atoms with E-state index in [9.17, 15) is 4.79 Å². The van der Waals surface area contributed by atoms with Gasteiger partial charge in [0, 0.05) is 29.0 Å². The van der Waals surface area contributed by atoms with Crippen molar-refractivity contribution in [2.75, 3.05) is 22.5 Å². The molecule has 0 aliphatic heterocycles. The molecule has 4 rings (SSSR count). The van der Waals surface area contributed by atoms with Crippen LogP contribution >= 0.6 is 0 Å². The van der Waals surface area contributed by atoms with Gasteiger partial charge in [0.2, 0.25) is 0 Å². The standard InChI is InChI=1S/C26H26N4O/c1-19-18-25(23-11-5-6-12-24(23)28-19)30-26(31)29-22-15-13-21(14-16-22)27-17-7-10-20-8-3-2-4-9-20/h2-6,8-9,11-16,18,27H,7,10,17H2,1H3,(H2,28,29,30,31). The maximum atomic E-state index is 12.5. The van der Waals surface area contributed by atoms with Crippen molar-refractivity contribution in [3.63, 3.8) is 0 Å². The average molecular weight is 411 g/mol. The minimum absolute atomic E-state index is 0.278. The fraction of sp³-hybridized carbons (Fsp3) is 0.154. The van der Waals surface area contributed by atoms with Gasteiger partial charge in [-0.1, -0.05) is 48.5 Å². The molecular weight excluding hydrogens is 384 g/mol. The monoisotopic (exact) mass is 410 g/mol. The van der Waals surface area contributed by atoms with Crippen molar-refractivity contribution < 1.29 is 4.79 Å². The van der Waals surface area contributed by atoms with Crippen molar-refractivity contribution in [3.8, 4) is 0 Å². The van der Waals surface area contributed by atoms with Gasteiger partial charge < -0.3 is 16.0 Å². The number of benzene rings is 3. The zero-order chi connectivity index (χ0) is 21.5. The molecule has 0 aliphatic rings. The largest absolute Gasteiger partial charge is 0.385 e. The third kappa shape index (κ3) is 5.60. The Balaban J connectivity index is 1.29. The number of hydrogen-bond acceptors (Lipinski definition) is 3. The molecule has 2 amide bonds. The highest BCUT2D eigenvalue weighted by molar-refractivity contribution is 6.05. The molecule has 0 fully saturated rings. The van der Waals surface area contributed by atoms with Gasteiger partial charge in [0.25, 0.3) is 0 Å². The molecule has 0 unspecified atom stereocenters. The van der Waals surface area contributed by atoms with Gasteiger partial charge in [0.15, 0.2) is 0 Å². The van der Waals surface area contributed by atoms with E-state index in [1.165, 1.54) is 5.56 Å². The van der Waals surface area contributed by atoms with E-state index in [0.717, 1.165) is 53.0 Å². The highest BCUT2D eigenvalue weighted by Gasteiger charge is 2.08. The van der Waals surface area contributed by atoms with Gasteiger partial charge in [-0.3, -0.25) is 4.98 Å². The summed E-state index contributed by atoms with van der Waals surface area (Å²) in [6, 6.07) is 27.6. The number of nitrogens with zero attached hydrogens (tertiary/aromatic N) is 1. The Hall–Kier alpha value is -3.86. The van der Waals surface area contributed by atoms with E-state index in [4.69, 9.17) is 0 Å². The van der Waals surface area contributed by atoms with E-state index in [2.05, 4.69) is 45.2 Å². The summed E-state index contributed by atoms with van der Waals surface area (Å²) in [4.78, 5) is 17.0. The minimum atomic E-state index is -0.278. The van der Waals surface area contributed by atoms with Gasteiger partial charge in [-0.15, -0.1) is 0 Å². The van der Waals surface area contributed by atoms with Crippen LogP contribution in [0.5, 0.6) is 0 Å². The van der Waals surface area contributed by atoms with Gasteiger partial charge in [-0.05, 0) is 61.7 Å². The summed E-state index contributed by atoms with van der Waals surface area (Å²) in [5, 5.41) is 10.2. The van der Waals surface area contributed by atoms with Gasteiger partial charge in [0.1, 0.15) is 0 Å². The molecule has 0 atom stereocenters. The molecule has 4 aromatic rings. The van der Waals surface area contributed by atoms with Gasteiger partial charge in [-0.25, -0.2) is 4.79 Å². The molecule has 5 heteroatoms. The number of anilines is 3. The Bertz CT molecular complexity index is 1160. The Labute approximate surface area is 182 Å². The molecule has 5 nitrogen and oxygen atoms in total. The first-order valence-electron chi connectivity index (χ1n) is 10.5. The first kappa shape index (κ1) is 20.4. The number of para-hydroxylation sites is 1. The summed E-state index contributed by atoms with van der Waals surface area (Å²) in [6.07, 6.45) is 2.11. The Morgan fingerprint density at radius 2 is 1.55 bits per heavy atom. The second-order valence-corrected chi connectivity index (χ2v) is 7.50. The van der Waals surface area contributed by atoms with Gasteiger partial charge >= 0.3 is 6.03 Å². The maximum absolute atomic E-state index is 12.5. The molecule has 0 bridgehead atoms. The number of aryl methyl sites for hydroxylation is 2. The third-order valence-electron chi connectivity index (χ3n) is 5.05. The van der Waals surface area contributed by atoms with E-state index in [0.29, 0.717) is 0 Å². The van der Waals surface area contributed by atoms with Crippen LogP contribution in [-0.2, 0) is 6.42 Å². The van der Waals surface area contributed by atoms with Crippen LogP contribution < -0.4 is 16.0 Å². The predicted molar refractivity (Wildman–Crippen MR) is 129 cm³/mol. The summed E-state index contributed by atoms with van der Waals surface area (Å²) in [6.45, 7) is 2.82. The van der Waals surface area contributed by atoms with E-state index in [-0.39, 0.29) is 6.03 Å². The molecule has 0 aliphatic carbocycles. The zero-order valence-electron chi connectivity index (χ0n) is 17.6. The summed E-state index contributed by atoms with van der Waals surface area (Å²) in [7, 11) is 0. The first-order chi connectivity index (χ1) is 15.2. The predicted octanol–water partition coefficient (Wildman–Crippen LogP) is 6.23. The molecule has 156 valence electrons. The Kier molecular flexibility index (Phi) is 6.43. The first-order valence-corrected chi connectivity index (χ1v) is 10.5. The number of rotatable bonds is 7. The summed E-state index contributed by atoms with van der Waals surface area (Å²) >= 11 is 0. The number of hydrogen-bond donors (Lipinski definition) is 3. The summed E-state index contributed by atoms with van der Waals surface area (Å²) < 4.78 is 0. The normalized spacial score (nSPS) is 10.6. The SMILES string of the molecule is Cc1cc(NC(=O)Nc2ccc(NCCCc3ccccc3)cc2)c2ccccc2n1. The number of amides is 2. The molecular formula is C26H26N4O. The second kappa shape index (κ2) is 9.76. The summed E-state index contributed by atoms with van der Waals surface area (Å²) in [5.41, 5.74) is 5.60. The molecule has 3 aromatic carbocycles. The molecule has 1 heterocycles. The van der Waals surface area contributed by atoms with Crippen LogP contribution in [0.3, 0.4) is 0 Å². The van der Waals surface area contributed by atoms with Crippen LogP contribution in [0.15, 0.2) is 84.9 Å². The second-order valence-electron chi connectivity index (χ2n) is 7.50. The van der Waals surface area contributed by atoms with Crippen LogP contribution in [0.1, 0.15) is 17.7 Å². The fourth-order valence-corrected chi connectivity index (χ4v) is 3.54. The number of carbonyl (C=O) groups is 1. The Morgan fingerprint density at radius 1 is 0.839 bits per heavy atom. The maximum Gasteiger partial charge on any atom is 0.323 e. The van der Waals surface area contributed by atoms with Crippen molar-refractivity contribution in [2.45, 2.75) is 19.8 Å². The molecule has 0 saturated heterocycles. The number of pyridine rings is 1. The molecule has 0 saturated carbocycles. The van der Waals surface area contributed by atoms with Gasteiger partial charge in [0.05, 0.1) is 11.2 Å². The van der Waals surface area contributed by atoms with Crippen LogP contribution in [-0.4, -0.2) is 17.6 Å². The number of fused-ring (bicyclic) bond motifs is 1. The highest BCUT2D eigenvalue weighted by atomic mass is 16.2. The smallest absolute Gasteiger partial charge is 0.323 e. The van der Waals surface area contributed by atoms with Crippen LogP contribution in [0.4, 0.5) is 21.9 Å². The van der Waals surface area contributed by atoms with E-state index >= 15 is 0 Å². The Morgan fingerprint density at radius 3 is 2.35 bits per heavy atom. The number of aromatic nitrogens is 1. The van der Waals surface area contributed by atoms with Crippen LogP contribution in [0, 0.1) is 6.92 Å². The lowest BCUT2D eigenvalue weighted by molar-refractivity contribution is 0.262. The van der Waals surface area contributed by atoms with Crippen molar-refractivity contribution in [1.29, 1.82) is 0 Å². The van der Waals surface area contributed by atoms with E-state index in [1.807, 2.05) is 67.6 Å². The molecule has 0 spiro atoms. The lowest BCUT2D eigenvalue weighted by atomic mass is 10.1. The van der Waals surface area contributed by atoms with Crippen LogP contribution in [0.2, 0.25) is 0 Å². The summed E-state index contributed by atoms with van der Waals surface area (Å²) in [5.74, 6) is 0. The van der Waals surface area contributed by atoms with Crippen molar-refractivity contribution in [2.24, 2.45) is 0 Å². The van der Waals surface area contributed by atoms with Crippen molar-refractivity contribution >= 4 is 34.0 Å². The van der Waals surface area contributed by atoms with Crippen LogP contribution in [0.25, 0.3) is 10.9 Å². The van der Waals surface area contributed by atoms with Crippen molar-refractivity contribution in [1.82, 2.24) is 4.98 Å². The fourth-order valence-electron chi connectivity index (χ4n) is 3.54. The highest BCUT2D eigenvalue weighted by Crippen LogP contribution is 2.23. The zero-order valence-corrected chi connectivity index (χ0v) is 17.6. The number of urea groups is 1. The molecule has 3 N–H and O–H groups in total. The van der Waals surface area contributed by atoms with E-state index < -0.39 is 0 Å². The molecule has 31 heavy (non-hydrogen) atoms.